The second-order valence-electron chi connectivity index (χ2n) is 6.98. The molecule has 0 unspecified atom stereocenters. The van der Waals surface area contributed by atoms with E-state index in [1.807, 2.05) is 19.1 Å². The number of sulfonamides is 1. The number of aromatic carboxylic acids is 1. The topological polar surface area (TPSA) is 109 Å². The number of benzene rings is 2. The predicted molar refractivity (Wildman–Crippen MR) is 121 cm³/mol. The first-order valence-corrected chi connectivity index (χ1v) is 11.0. The van der Waals surface area contributed by atoms with Gasteiger partial charge in [-0.2, -0.15) is 0 Å². The average molecular weight is 443 g/mol. The zero-order valence-electron chi connectivity index (χ0n) is 16.9. The van der Waals surface area contributed by atoms with E-state index < -0.39 is 16.0 Å². The van der Waals surface area contributed by atoms with Crippen LogP contribution in [0.15, 0.2) is 78.0 Å². The molecule has 0 bridgehead atoms. The molecule has 2 heterocycles. The smallest absolute Gasteiger partial charge is 0.354 e. The van der Waals surface area contributed by atoms with E-state index in [1.165, 1.54) is 12.3 Å². The number of hydrogen-bond acceptors (Lipinski definition) is 5. The fourth-order valence-corrected chi connectivity index (χ4v) is 4.47. The molecule has 8 heteroatoms. The monoisotopic (exact) mass is 443 g/mol. The van der Waals surface area contributed by atoms with Crippen LogP contribution in [-0.2, 0) is 10.0 Å². The lowest BCUT2D eigenvalue weighted by atomic mass is 10.1. The van der Waals surface area contributed by atoms with Crippen molar-refractivity contribution in [3.8, 4) is 11.8 Å². The Hall–Kier alpha value is -4.22. The van der Waals surface area contributed by atoms with E-state index in [9.17, 15) is 13.2 Å². The first kappa shape index (κ1) is 21.0. The minimum absolute atomic E-state index is 0.0808. The summed E-state index contributed by atoms with van der Waals surface area (Å²) in [5.74, 6) is 4.68. The fourth-order valence-electron chi connectivity index (χ4n) is 3.12. The van der Waals surface area contributed by atoms with Crippen LogP contribution >= 0.6 is 0 Å². The van der Waals surface area contributed by atoms with E-state index in [1.54, 1.807) is 48.7 Å². The van der Waals surface area contributed by atoms with Crippen molar-refractivity contribution in [3.05, 3.63) is 95.4 Å². The average Bonchev–Trinajstić information content (AvgIpc) is 2.78. The van der Waals surface area contributed by atoms with Crippen LogP contribution < -0.4 is 4.72 Å². The molecule has 4 rings (SSSR count). The second kappa shape index (κ2) is 8.49. The molecule has 7 nitrogen and oxygen atoms in total. The van der Waals surface area contributed by atoms with Crippen molar-refractivity contribution in [3.63, 3.8) is 0 Å². The Morgan fingerprint density at radius 2 is 1.81 bits per heavy atom. The SMILES string of the molecule is Cc1cc(S(=O)(=O)Nc2ccccc2C#Cc2ccc(C(=O)O)nc2)c2ncccc2c1. The molecule has 158 valence electrons. The third-order valence-electron chi connectivity index (χ3n) is 4.60. The molecule has 4 aromatic rings. The highest BCUT2D eigenvalue weighted by Gasteiger charge is 2.20. The number of carboxylic acid groups (broad SMARTS) is 1. The molecular weight excluding hydrogens is 426 g/mol. The summed E-state index contributed by atoms with van der Waals surface area (Å²) in [6.45, 7) is 1.83. The summed E-state index contributed by atoms with van der Waals surface area (Å²) in [5, 5.41) is 9.67. The Labute approximate surface area is 184 Å². The van der Waals surface area contributed by atoms with Gasteiger partial charge in [-0.3, -0.25) is 9.71 Å². The molecule has 0 aliphatic rings. The van der Waals surface area contributed by atoms with E-state index >= 15 is 0 Å². The van der Waals surface area contributed by atoms with Gasteiger partial charge in [0.2, 0.25) is 0 Å². The molecule has 2 N–H and O–H groups in total. The number of nitrogens with one attached hydrogen (secondary N) is 1. The van der Waals surface area contributed by atoms with Crippen molar-refractivity contribution in [2.75, 3.05) is 4.72 Å². The summed E-state index contributed by atoms with van der Waals surface area (Å²) in [5.41, 5.74) is 2.39. The number of pyridine rings is 2. The molecule has 0 radical (unpaired) electrons. The van der Waals surface area contributed by atoms with Gasteiger partial charge < -0.3 is 5.11 Å². The number of para-hydroxylation sites is 1. The lowest BCUT2D eigenvalue weighted by molar-refractivity contribution is 0.0690. The van der Waals surface area contributed by atoms with E-state index in [-0.39, 0.29) is 10.6 Å². The Balaban J connectivity index is 1.69. The second-order valence-corrected chi connectivity index (χ2v) is 8.63. The summed E-state index contributed by atoms with van der Waals surface area (Å²) in [4.78, 5) is 19.1. The van der Waals surface area contributed by atoms with Crippen molar-refractivity contribution in [2.45, 2.75) is 11.8 Å². The summed E-state index contributed by atoms with van der Waals surface area (Å²) >= 11 is 0. The molecule has 0 saturated heterocycles. The number of nitrogens with zero attached hydrogens (tertiary/aromatic N) is 2. The van der Waals surface area contributed by atoms with Crippen molar-refractivity contribution in [2.24, 2.45) is 0 Å². The van der Waals surface area contributed by atoms with Gasteiger partial charge >= 0.3 is 5.97 Å². The van der Waals surface area contributed by atoms with Gasteiger partial charge in [0, 0.05) is 28.9 Å². The first-order chi connectivity index (χ1) is 15.3. The minimum Gasteiger partial charge on any atom is -0.477 e. The lowest BCUT2D eigenvalue weighted by Crippen LogP contribution is -2.15. The number of carboxylic acids is 1. The van der Waals surface area contributed by atoms with Crippen LogP contribution in [-0.4, -0.2) is 29.5 Å². The molecule has 0 aliphatic heterocycles. The zero-order valence-corrected chi connectivity index (χ0v) is 17.7. The van der Waals surface area contributed by atoms with E-state index in [0.717, 1.165) is 10.9 Å². The molecule has 2 aromatic carbocycles. The first-order valence-electron chi connectivity index (χ1n) is 9.52. The fraction of sp³-hybridized carbons (Fsp3) is 0.0417. The maximum Gasteiger partial charge on any atom is 0.354 e. The van der Waals surface area contributed by atoms with Crippen LogP contribution in [0.25, 0.3) is 10.9 Å². The van der Waals surface area contributed by atoms with Crippen molar-refractivity contribution < 1.29 is 18.3 Å². The molecule has 0 aliphatic carbocycles. The highest BCUT2D eigenvalue weighted by Crippen LogP contribution is 2.26. The van der Waals surface area contributed by atoms with Gasteiger partial charge in [-0.15, -0.1) is 0 Å². The third-order valence-corrected chi connectivity index (χ3v) is 5.98. The number of aromatic nitrogens is 2. The van der Waals surface area contributed by atoms with Crippen LogP contribution in [0.4, 0.5) is 5.69 Å². The van der Waals surface area contributed by atoms with E-state index in [2.05, 4.69) is 26.5 Å². The number of carbonyl (C=O) groups is 1. The van der Waals surface area contributed by atoms with Crippen molar-refractivity contribution >= 4 is 32.6 Å². The molecule has 0 amide bonds. The van der Waals surface area contributed by atoms with Crippen LogP contribution in [0.5, 0.6) is 0 Å². The summed E-state index contributed by atoms with van der Waals surface area (Å²) in [7, 11) is -3.94. The zero-order chi connectivity index (χ0) is 22.7. The van der Waals surface area contributed by atoms with E-state index in [4.69, 9.17) is 5.11 Å². The predicted octanol–water partition coefficient (Wildman–Crippen LogP) is 3.84. The standard InChI is InChI=1S/C24H17N3O4S/c1-16-13-19-6-4-12-25-23(19)22(14-16)32(30,31)27-20-7-3-2-5-18(20)10-8-17-9-11-21(24(28)29)26-15-17/h2-7,9,11-15,27H,1H3,(H,28,29). The molecule has 2 aromatic heterocycles. The minimum atomic E-state index is -3.94. The summed E-state index contributed by atoms with van der Waals surface area (Å²) < 4.78 is 29.1. The normalized spacial score (nSPS) is 10.9. The molecule has 32 heavy (non-hydrogen) atoms. The Morgan fingerprint density at radius 1 is 1.00 bits per heavy atom. The number of anilines is 1. The molecular formula is C24H17N3O4S. The lowest BCUT2D eigenvalue weighted by Gasteiger charge is -2.12. The van der Waals surface area contributed by atoms with E-state index in [0.29, 0.717) is 22.3 Å². The highest BCUT2D eigenvalue weighted by atomic mass is 32.2. The number of fused-ring (bicyclic) bond motifs is 1. The summed E-state index contributed by atoms with van der Waals surface area (Å²) in [6.07, 6.45) is 2.91. The highest BCUT2D eigenvalue weighted by molar-refractivity contribution is 7.93. The van der Waals surface area contributed by atoms with Gasteiger partial charge in [0.15, 0.2) is 0 Å². The maximum atomic E-state index is 13.2. The van der Waals surface area contributed by atoms with Crippen molar-refractivity contribution in [1.29, 1.82) is 0 Å². The Morgan fingerprint density at radius 3 is 2.56 bits per heavy atom. The van der Waals surface area contributed by atoms with Gasteiger partial charge in [-0.25, -0.2) is 18.2 Å². The van der Waals surface area contributed by atoms with Crippen LogP contribution in [0.1, 0.15) is 27.2 Å². The number of rotatable bonds is 4. The third kappa shape index (κ3) is 4.43. The maximum absolute atomic E-state index is 13.2. The van der Waals surface area contributed by atoms with Crippen LogP contribution in [0, 0.1) is 18.8 Å². The summed E-state index contributed by atoms with van der Waals surface area (Å²) in [6, 6.07) is 16.7. The molecule has 0 saturated carbocycles. The van der Waals surface area contributed by atoms with Gasteiger partial charge in [-0.05, 0) is 55.0 Å². The van der Waals surface area contributed by atoms with Crippen LogP contribution in [0.2, 0.25) is 0 Å². The quantitative estimate of drug-likeness (QED) is 0.464. The van der Waals surface area contributed by atoms with Gasteiger partial charge in [0.05, 0.1) is 11.2 Å². The molecule has 0 atom stereocenters. The van der Waals surface area contributed by atoms with Gasteiger partial charge in [0.1, 0.15) is 10.6 Å². The Kier molecular flexibility index (Phi) is 5.58. The number of aryl methyl sites for hydroxylation is 1. The largest absolute Gasteiger partial charge is 0.477 e. The van der Waals surface area contributed by atoms with Crippen LogP contribution in [0.3, 0.4) is 0 Å². The van der Waals surface area contributed by atoms with Gasteiger partial charge in [0.25, 0.3) is 10.0 Å². The van der Waals surface area contributed by atoms with Gasteiger partial charge in [-0.1, -0.05) is 30.0 Å². The molecule has 0 fully saturated rings. The Bertz CT molecular complexity index is 1500. The number of hydrogen-bond donors (Lipinski definition) is 2. The van der Waals surface area contributed by atoms with Crippen molar-refractivity contribution in [1.82, 2.24) is 9.97 Å². The molecule has 0 spiro atoms.